The van der Waals surface area contributed by atoms with Gasteiger partial charge in [-0.05, 0) is 43.2 Å². The van der Waals surface area contributed by atoms with Crippen LogP contribution in [-0.4, -0.2) is 33.7 Å². The van der Waals surface area contributed by atoms with Crippen molar-refractivity contribution >= 4 is 17.5 Å². The van der Waals surface area contributed by atoms with E-state index in [2.05, 4.69) is 5.10 Å². The lowest BCUT2D eigenvalue weighted by atomic mass is 9.94. The third kappa shape index (κ3) is 3.10. The average molecular weight is 304 g/mol. The van der Waals surface area contributed by atoms with Crippen LogP contribution in [0.25, 0.3) is 0 Å². The fraction of sp³-hybridized carbons (Fsp3) is 0.375. The summed E-state index contributed by atoms with van der Waals surface area (Å²) in [5, 5.41) is 5.12. The molecule has 2 heterocycles. The van der Waals surface area contributed by atoms with Crippen LogP contribution in [0.15, 0.2) is 36.5 Å². The molecule has 1 aliphatic heterocycles. The van der Waals surface area contributed by atoms with E-state index >= 15 is 0 Å². The Hall–Kier alpha value is -1.81. The molecule has 21 heavy (non-hydrogen) atoms. The first-order chi connectivity index (χ1) is 10.1. The van der Waals surface area contributed by atoms with Gasteiger partial charge < -0.3 is 4.90 Å². The molecule has 1 unspecified atom stereocenters. The van der Waals surface area contributed by atoms with Crippen molar-refractivity contribution in [3.8, 4) is 0 Å². The Morgan fingerprint density at radius 1 is 1.29 bits per heavy atom. The highest BCUT2D eigenvalue weighted by Crippen LogP contribution is 2.26. The molecule has 1 aromatic carbocycles. The van der Waals surface area contributed by atoms with Gasteiger partial charge in [-0.2, -0.15) is 5.10 Å². The van der Waals surface area contributed by atoms with Gasteiger partial charge in [0.2, 0.25) is 0 Å². The molecule has 1 aliphatic rings. The second-order valence-electron chi connectivity index (χ2n) is 5.51. The van der Waals surface area contributed by atoms with Gasteiger partial charge in [0.25, 0.3) is 5.91 Å². The number of amides is 1. The van der Waals surface area contributed by atoms with Gasteiger partial charge >= 0.3 is 0 Å². The number of rotatable bonds is 2. The lowest BCUT2D eigenvalue weighted by molar-refractivity contribution is 0.0706. The third-order valence-electron chi connectivity index (χ3n) is 3.95. The smallest absolute Gasteiger partial charge is 0.253 e. The fourth-order valence-corrected chi connectivity index (χ4v) is 2.95. The summed E-state index contributed by atoms with van der Waals surface area (Å²) in [6.07, 6.45) is 4.05. The van der Waals surface area contributed by atoms with E-state index in [0.29, 0.717) is 16.5 Å². The summed E-state index contributed by atoms with van der Waals surface area (Å²) in [4.78, 5) is 14.5. The van der Waals surface area contributed by atoms with Gasteiger partial charge in [-0.3, -0.25) is 9.48 Å². The summed E-state index contributed by atoms with van der Waals surface area (Å²) < 4.78 is 1.81. The predicted molar refractivity (Wildman–Crippen MR) is 82.5 cm³/mol. The molecular weight excluding hydrogens is 286 g/mol. The first-order valence-electron chi connectivity index (χ1n) is 7.18. The summed E-state index contributed by atoms with van der Waals surface area (Å²) in [6, 6.07) is 9.13. The molecular formula is C16H18ClN3O. The summed E-state index contributed by atoms with van der Waals surface area (Å²) in [6.45, 7) is 1.54. The fourth-order valence-electron chi connectivity index (χ4n) is 2.83. The molecule has 0 aliphatic carbocycles. The van der Waals surface area contributed by atoms with Gasteiger partial charge in [-0.25, -0.2) is 0 Å². The molecule has 1 fully saturated rings. The first-order valence-corrected chi connectivity index (χ1v) is 7.55. The Kier molecular flexibility index (Phi) is 3.97. The Bertz CT molecular complexity index is 635. The molecule has 0 spiro atoms. The topological polar surface area (TPSA) is 38.1 Å². The molecule has 1 amide bonds. The maximum Gasteiger partial charge on any atom is 0.253 e. The van der Waals surface area contributed by atoms with Crippen LogP contribution < -0.4 is 0 Å². The molecule has 0 saturated carbocycles. The van der Waals surface area contributed by atoms with Crippen molar-refractivity contribution in [3.05, 3.63) is 52.8 Å². The van der Waals surface area contributed by atoms with Gasteiger partial charge in [0.15, 0.2) is 0 Å². The highest BCUT2D eigenvalue weighted by molar-refractivity contribution is 6.30. The maximum atomic E-state index is 12.6. The van der Waals surface area contributed by atoms with Gasteiger partial charge in [0.1, 0.15) is 0 Å². The Morgan fingerprint density at radius 2 is 2.05 bits per heavy atom. The second-order valence-corrected chi connectivity index (χ2v) is 5.95. The number of hydrogen-bond donors (Lipinski definition) is 0. The molecule has 5 heteroatoms. The number of piperidine rings is 1. The van der Waals surface area contributed by atoms with E-state index in [9.17, 15) is 4.79 Å². The largest absolute Gasteiger partial charge is 0.338 e. The summed E-state index contributed by atoms with van der Waals surface area (Å²) in [7, 11) is 1.92. The van der Waals surface area contributed by atoms with Gasteiger partial charge in [-0.15, -0.1) is 0 Å². The van der Waals surface area contributed by atoms with Crippen molar-refractivity contribution in [2.45, 2.75) is 18.8 Å². The van der Waals surface area contributed by atoms with Crippen molar-refractivity contribution in [3.63, 3.8) is 0 Å². The normalized spacial score (nSPS) is 18.8. The monoisotopic (exact) mass is 303 g/mol. The van der Waals surface area contributed by atoms with Crippen LogP contribution in [0, 0.1) is 0 Å². The number of aromatic nitrogens is 2. The quantitative estimate of drug-likeness (QED) is 0.855. The zero-order valence-electron chi connectivity index (χ0n) is 12.0. The molecule has 110 valence electrons. The molecule has 1 atom stereocenters. The van der Waals surface area contributed by atoms with E-state index in [0.717, 1.165) is 31.6 Å². The highest BCUT2D eigenvalue weighted by Gasteiger charge is 2.26. The number of nitrogens with zero attached hydrogens (tertiary/aromatic N) is 3. The minimum Gasteiger partial charge on any atom is -0.338 e. The average Bonchev–Trinajstić information content (AvgIpc) is 2.94. The van der Waals surface area contributed by atoms with Crippen molar-refractivity contribution in [2.24, 2.45) is 7.05 Å². The van der Waals surface area contributed by atoms with Gasteiger partial charge in [0, 0.05) is 42.8 Å². The van der Waals surface area contributed by atoms with E-state index in [1.54, 1.807) is 24.3 Å². The number of likely N-dealkylation sites (tertiary alicyclic amines) is 1. The molecule has 3 rings (SSSR count). The van der Waals surface area contributed by atoms with E-state index in [1.165, 1.54) is 0 Å². The lowest BCUT2D eigenvalue weighted by Crippen LogP contribution is -2.39. The molecule has 0 radical (unpaired) electrons. The molecule has 0 bridgehead atoms. The molecule has 1 aromatic heterocycles. The van der Waals surface area contributed by atoms with Crippen molar-refractivity contribution in [2.75, 3.05) is 13.1 Å². The van der Waals surface area contributed by atoms with Crippen molar-refractivity contribution < 1.29 is 4.79 Å². The number of hydrogen-bond acceptors (Lipinski definition) is 2. The van der Waals surface area contributed by atoms with Crippen LogP contribution in [0.3, 0.4) is 0 Å². The molecule has 2 aromatic rings. The van der Waals surface area contributed by atoms with Crippen LogP contribution in [-0.2, 0) is 7.05 Å². The molecule has 1 saturated heterocycles. The maximum absolute atomic E-state index is 12.6. The first kappa shape index (κ1) is 14.1. The van der Waals surface area contributed by atoms with Crippen LogP contribution in [0.1, 0.15) is 34.8 Å². The number of aryl methyl sites for hydroxylation is 1. The minimum atomic E-state index is 0.0762. The minimum absolute atomic E-state index is 0.0762. The summed E-state index contributed by atoms with van der Waals surface area (Å²) in [5.74, 6) is 0.406. The van der Waals surface area contributed by atoms with Crippen LogP contribution >= 0.6 is 11.6 Å². The van der Waals surface area contributed by atoms with E-state index in [1.807, 2.05) is 28.9 Å². The highest BCUT2D eigenvalue weighted by atomic mass is 35.5. The Morgan fingerprint density at radius 3 is 2.71 bits per heavy atom. The standard InChI is InChI=1S/C16H18ClN3O/c1-19-10-8-15(18-19)13-3-2-9-20(11-13)16(21)12-4-6-14(17)7-5-12/h4-8,10,13H,2-3,9,11H2,1H3. The van der Waals surface area contributed by atoms with Crippen molar-refractivity contribution in [1.82, 2.24) is 14.7 Å². The summed E-state index contributed by atoms with van der Waals surface area (Å²) in [5.41, 5.74) is 1.77. The Balaban J connectivity index is 1.73. The third-order valence-corrected chi connectivity index (χ3v) is 4.20. The zero-order valence-corrected chi connectivity index (χ0v) is 12.8. The number of carbonyl (C=O) groups excluding carboxylic acids is 1. The van der Waals surface area contributed by atoms with Crippen LogP contribution in [0.2, 0.25) is 5.02 Å². The van der Waals surface area contributed by atoms with Gasteiger partial charge in [-0.1, -0.05) is 11.6 Å². The van der Waals surface area contributed by atoms with Gasteiger partial charge in [0.05, 0.1) is 5.69 Å². The lowest BCUT2D eigenvalue weighted by Gasteiger charge is -2.32. The SMILES string of the molecule is Cn1ccc(C2CCCN(C(=O)c3ccc(Cl)cc3)C2)n1. The van der Waals surface area contributed by atoms with E-state index in [-0.39, 0.29) is 5.91 Å². The number of benzene rings is 1. The predicted octanol–water partition coefficient (Wildman–Crippen LogP) is 3.09. The van der Waals surface area contributed by atoms with E-state index in [4.69, 9.17) is 11.6 Å². The number of halogens is 1. The number of carbonyl (C=O) groups is 1. The summed E-state index contributed by atoms with van der Waals surface area (Å²) >= 11 is 5.87. The van der Waals surface area contributed by atoms with Crippen molar-refractivity contribution in [1.29, 1.82) is 0 Å². The zero-order chi connectivity index (χ0) is 14.8. The Labute approximate surface area is 129 Å². The van der Waals surface area contributed by atoms with Crippen LogP contribution in [0.5, 0.6) is 0 Å². The molecule has 0 N–H and O–H groups in total. The second kappa shape index (κ2) is 5.90. The van der Waals surface area contributed by atoms with E-state index < -0.39 is 0 Å². The molecule has 4 nitrogen and oxygen atoms in total. The van der Waals surface area contributed by atoms with Crippen LogP contribution in [0.4, 0.5) is 0 Å².